The molecule has 0 aromatic heterocycles. The van der Waals surface area contributed by atoms with Gasteiger partial charge in [0.25, 0.3) is 0 Å². The van der Waals surface area contributed by atoms with Crippen molar-refractivity contribution in [3.8, 4) is 0 Å². The van der Waals surface area contributed by atoms with Gasteiger partial charge in [-0.15, -0.1) is 6.58 Å². The zero-order valence-electron chi connectivity index (χ0n) is 8.82. The van der Waals surface area contributed by atoms with Gasteiger partial charge in [0.2, 0.25) is 0 Å². The van der Waals surface area contributed by atoms with Crippen molar-refractivity contribution in [2.75, 3.05) is 19.6 Å². The third kappa shape index (κ3) is 4.16. The van der Waals surface area contributed by atoms with Crippen molar-refractivity contribution >= 4 is 15.9 Å². The van der Waals surface area contributed by atoms with Crippen molar-refractivity contribution in [1.29, 1.82) is 0 Å². The van der Waals surface area contributed by atoms with E-state index in [0.29, 0.717) is 6.54 Å². The van der Waals surface area contributed by atoms with Gasteiger partial charge in [0.1, 0.15) is 0 Å². The summed E-state index contributed by atoms with van der Waals surface area (Å²) in [6.45, 7) is 7.11. The van der Waals surface area contributed by atoms with Gasteiger partial charge in [-0.1, -0.05) is 40.2 Å². The predicted molar refractivity (Wildman–Crippen MR) is 68.7 cm³/mol. The summed E-state index contributed by atoms with van der Waals surface area (Å²) in [4.78, 5) is 2.27. The third-order valence-corrected chi connectivity index (χ3v) is 2.96. The number of nitrogens with zero attached hydrogens (tertiary/aromatic N) is 1. The van der Waals surface area contributed by atoms with E-state index in [9.17, 15) is 0 Å². The highest BCUT2D eigenvalue weighted by Crippen LogP contribution is 2.17. The molecule has 0 amide bonds. The van der Waals surface area contributed by atoms with E-state index in [-0.39, 0.29) is 0 Å². The Balaban J connectivity index is 2.64. The van der Waals surface area contributed by atoms with Gasteiger partial charge in [-0.25, -0.2) is 0 Å². The molecule has 0 heterocycles. The number of hydrogen-bond donors (Lipinski definition) is 1. The van der Waals surface area contributed by atoms with Crippen LogP contribution < -0.4 is 5.73 Å². The molecule has 0 aliphatic carbocycles. The average Bonchev–Trinajstić information content (AvgIpc) is 2.22. The van der Waals surface area contributed by atoms with Crippen LogP contribution in [0.2, 0.25) is 0 Å². The van der Waals surface area contributed by atoms with E-state index in [1.54, 1.807) is 0 Å². The second kappa shape index (κ2) is 6.77. The van der Waals surface area contributed by atoms with Crippen molar-refractivity contribution in [3.05, 3.63) is 47.0 Å². The summed E-state index contributed by atoms with van der Waals surface area (Å²) in [6.07, 6.45) is 1.91. The molecule has 0 bridgehead atoms. The van der Waals surface area contributed by atoms with Crippen LogP contribution in [0, 0.1) is 0 Å². The van der Waals surface area contributed by atoms with Gasteiger partial charge in [-0.2, -0.15) is 0 Å². The molecule has 82 valence electrons. The Labute approximate surface area is 99.9 Å². The molecular formula is C12H17BrN2. The predicted octanol–water partition coefficient (Wildman–Crippen LogP) is 2.40. The average molecular weight is 269 g/mol. The number of hydrogen-bond acceptors (Lipinski definition) is 2. The fourth-order valence-corrected chi connectivity index (χ4v) is 1.88. The first kappa shape index (κ1) is 12.4. The molecule has 0 radical (unpaired) electrons. The maximum absolute atomic E-state index is 5.56. The van der Waals surface area contributed by atoms with E-state index in [1.807, 2.05) is 12.1 Å². The van der Waals surface area contributed by atoms with Crippen molar-refractivity contribution in [1.82, 2.24) is 4.90 Å². The first-order valence-electron chi connectivity index (χ1n) is 5.04. The summed E-state index contributed by atoms with van der Waals surface area (Å²) in [7, 11) is 0. The monoisotopic (exact) mass is 268 g/mol. The molecule has 0 saturated heterocycles. The molecule has 1 aromatic rings. The molecule has 1 aromatic carbocycles. The summed E-state index contributed by atoms with van der Waals surface area (Å²) >= 11 is 3.54. The van der Waals surface area contributed by atoms with E-state index in [1.165, 1.54) is 5.56 Å². The molecule has 0 unspecified atom stereocenters. The fraction of sp³-hybridized carbons (Fsp3) is 0.333. The second-order valence-corrected chi connectivity index (χ2v) is 4.26. The van der Waals surface area contributed by atoms with Gasteiger partial charge in [0, 0.05) is 30.7 Å². The quantitative estimate of drug-likeness (QED) is 0.803. The zero-order valence-corrected chi connectivity index (χ0v) is 10.4. The van der Waals surface area contributed by atoms with Gasteiger partial charge in [0.05, 0.1) is 0 Å². The first-order chi connectivity index (χ1) is 7.27. The highest BCUT2D eigenvalue weighted by molar-refractivity contribution is 9.10. The van der Waals surface area contributed by atoms with Gasteiger partial charge in [-0.05, 0) is 11.6 Å². The highest BCUT2D eigenvalue weighted by Gasteiger charge is 2.05. The fourth-order valence-electron chi connectivity index (χ4n) is 1.47. The van der Waals surface area contributed by atoms with E-state index >= 15 is 0 Å². The van der Waals surface area contributed by atoms with Crippen LogP contribution in [-0.2, 0) is 6.54 Å². The van der Waals surface area contributed by atoms with Crippen molar-refractivity contribution < 1.29 is 0 Å². The van der Waals surface area contributed by atoms with Crippen LogP contribution in [0.5, 0.6) is 0 Å². The van der Waals surface area contributed by atoms with Gasteiger partial charge >= 0.3 is 0 Å². The molecular weight excluding hydrogens is 252 g/mol. The molecule has 15 heavy (non-hydrogen) atoms. The Morgan fingerprint density at radius 1 is 1.40 bits per heavy atom. The zero-order chi connectivity index (χ0) is 11.1. The number of rotatable bonds is 6. The van der Waals surface area contributed by atoms with Gasteiger partial charge in [0.15, 0.2) is 0 Å². The minimum absolute atomic E-state index is 0.679. The van der Waals surface area contributed by atoms with Crippen LogP contribution in [-0.4, -0.2) is 24.5 Å². The highest BCUT2D eigenvalue weighted by atomic mass is 79.9. The minimum Gasteiger partial charge on any atom is -0.329 e. The molecule has 0 saturated carbocycles. The third-order valence-electron chi connectivity index (χ3n) is 2.18. The van der Waals surface area contributed by atoms with Crippen molar-refractivity contribution in [2.45, 2.75) is 6.54 Å². The summed E-state index contributed by atoms with van der Waals surface area (Å²) in [6, 6.07) is 8.25. The van der Waals surface area contributed by atoms with E-state index in [2.05, 4.69) is 45.6 Å². The molecule has 0 aliphatic rings. The van der Waals surface area contributed by atoms with Crippen LogP contribution >= 0.6 is 15.9 Å². The normalized spacial score (nSPS) is 10.6. The Morgan fingerprint density at radius 2 is 2.13 bits per heavy atom. The minimum atomic E-state index is 0.679. The lowest BCUT2D eigenvalue weighted by Gasteiger charge is -2.20. The summed E-state index contributed by atoms with van der Waals surface area (Å²) in [5.74, 6) is 0. The van der Waals surface area contributed by atoms with E-state index in [4.69, 9.17) is 5.73 Å². The number of benzene rings is 1. The first-order valence-corrected chi connectivity index (χ1v) is 5.84. The molecule has 3 heteroatoms. The van der Waals surface area contributed by atoms with Crippen LogP contribution in [0.4, 0.5) is 0 Å². The Morgan fingerprint density at radius 3 is 2.73 bits per heavy atom. The van der Waals surface area contributed by atoms with Crippen molar-refractivity contribution in [3.63, 3.8) is 0 Å². The topological polar surface area (TPSA) is 29.3 Å². The second-order valence-electron chi connectivity index (χ2n) is 3.40. The SMILES string of the molecule is C=CCN(CCN)Cc1ccccc1Br. The van der Waals surface area contributed by atoms with Gasteiger partial charge in [-0.3, -0.25) is 4.90 Å². The maximum Gasteiger partial charge on any atom is 0.0248 e. The molecule has 2 N–H and O–H groups in total. The van der Waals surface area contributed by atoms with Crippen LogP contribution in [0.3, 0.4) is 0 Å². The van der Waals surface area contributed by atoms with Crippen LogP contribution in [0.25, 0.3) is 0 Å². The Kier molecular flexibility index (Phi) is 5.61. The summed E-state index contributed by atoms with van der Waals surface area (Å²) in [5.41, 5.74) is 6.85. The Bertz CT molecular complexity index is 312. The smallest absolute Gasteiger partial charge is 0.0248 e. The molecule has 1 rings (SSSR count). The van der Waals surface area contributed by atoms with E-state index in [0.717, 1.165) is 24.1 Å². The lowest BCUT2D eigenvalue weighted by Crippen LogP contribution is -2.29. The molecule has 2 nitrogen and oxygen atoms in total. The van der Waals surface area contributed by atoms with E-state index < -0.39 is 0 Å². The van der Waals surface area contributed by atoms with Gasteiger partial charge < -0.3 is 5.73 Å². The Hall–Kier alpha value is -0.640. The molecule has 0 aliphatic heterocycles. The number of nitrogens with two attached hydrogens (primary N) is 1. The number of halogens is 1. The van der Waals surface area contributed by atoms with Crippen molar-refractivity contribution in [2.24, 2.45) is 5.73 Å². The molecule has 0 fully saturated rings. The largest absolute Gasteiger partial charge is 0.329 e. The summed E-state index contributed by atoms with van der Waals surface area (Å²) < 4.78 is 1.15. The summed E-state index contributed by atoms with van der Waals surface area (Å²) in [5, 5.41) is 0. The molecule has 0 spiro atoms. The van der Waals surface area contributed by atoms with Crippen LogP contribution in [0.15, 0.2) is 41.4 Å². The maximum atomic E-state index is 5.56. The molecule has 0 atom stereocenters. The lowest BCUT2D eigenvalue weighted by atomic mass is 10.2. The van der Waals surface area contributed by atoms with Crippen LogP contribution in [0.1, 0.15) is 5.56 Å². The standard InChI is InChI=1S/C12H17BrN2/c1-2-8-15(9-7-14)10-11-5-3-4-6-12(11)13/h2-6H,1,7-10,14H2. The lowest BCUT2D eigenvalue weighted by molar-refractivity contribution is 0.302.